The van der Waals surface area contributed by atoms with Crippen LogP contribution in [0.2, 0.25) is 0 Å². The Kier molecular flexibility index (Phi) is 5.23. The zero-order valence-corrected chi connectivity index (χ0v) is 19.0. The Balaban J connectivity index is 1.20. The SMILES string of the molecule is O=C1c2ccccc2C(=O)N1CCN1CCC(=C2c3ccccc3C=Cc3ccccc32)CC1. The minimum absolute atomic E-state index is 0.167. The van der Waals surface area contributed by atoms with Gasteiger partial charge in [-0.05, 0) is 52.8 Å². The van der Waals surface area contributed by atoms with Crippen molar-refractivity contribution in [2.45, 2.75) is 12.8 Å². The summed E-state index contributed by atoms with van der Waals surface area (Å²) in [5, 5.41) is 0. The van der Waals surface area contributed by atoms with Crippen LogP contribution in [-0.4, -0.2) is 47.8 Å². The number of fused-ring (bicyclic) bond motifs is 3. The lowest BCUT2D eigenvalue weighted by Gasteiger charge is -2.31. The summed E-state index contributed by atoms with van der Waals surface area (Å²) < 4.78 is 0. The van der Waals surface area contributed by atoms with Crippen molar-refractivity contribution >= 4 is 29.5 Å². The molecule has 2 heterocycles. The quantitative estimate of drug-likeness (QED) is 0.398. The number of rotatable bonds is 3. The summed E-state index contributed by atoms with van der Waals surface area (Å²) in [7, 11) is 0. The normalized spacial score (nSPS) is 17.5. The Labute approximate surface area is 199 Å². The molecule has 1 fully saturated rings. The number of carbonyl (C=O) groups is 2. The number of amides is 2. The third-order valence-corrected chi connectivity index (χ3v) is 7.23. The van der Waals surface area contributed by atoms with E-state index in [0.29, 0.717) is 24.2 Å². The standard InChI is InChI=1S/C30H26N2O2/c33-29-26-11-5-6-12-27(26)30(34)32(29)20-19-31-17-15-23(16-18-31)28-24-9-3-1-7-21(24)13-14-22-8-2-4-10-25(22)28/h1-14H,15-20H2. The predicted octanol–water partition coefficient (Wildman–Crippen LogP) is 5.36. The molecule has 2 aliphatic heterocycles. The molecule has 3 aromatic rings. The van der Waals surface area contributed by atoms with E-state index in [0.717, 1.165) is 25.9 Å². The Hall–Kier alpha value is -3.76. The van der Waals surface area contributed by atoms with Crippen LogP contribution < -0.4 is 0 Å². The number of nitrogens with zero attached hydrogens (tertiary/aromatic N) is 2. The van der Waals surface area contributed by atoms with Crippen LogP contribution in [0.25, 0.3) is 17.7 Å². The summed E-state index contributed by atoms with van der Waals surface area (Å²) in [6.07, 6.45) is 6.41. The highest BCUT2D eigenvalue weighted by molar-refractivity contribution is 6.21. The van der Waals surface area contributed by atoms with Crippen molar-refractivity contribution < 1.29 is 9.59 Å². The summed E-state index contributed by atoms with van der Waals surface area (Å²) in [5.41, 5.74) is 9.03. The summed E-state index contributed by atoms with van der Waals surface area (Å²) in [5.74, 6) is -0.334. The van der Waals surface area contributed by atoms with Crippen molar-refractivity contribution in [1.82, 2.24) is 9.80 Å². The summed E-state index contributed by atoms with van der Waals surface area (Å²) in [4.78, 5) is 29.1. The smallest absolute Gasteiger partial charge is 0.261 e. The number of hydrogen-bond acceptors (Lipinski definition) is 3. The monoisotopic (exact) mass is 446 g/mol. The van der Waals surface area contributed by atoms with E-state index in [9.17, 15) is 9.59 Å². The van der Waals surface area contributed by atoms with Gasteiger partial charge in [0.15, 0.2) is 0 Å². The molecule has 3 aromatic carbocycles. The maximum Gasteiger partial charge on any atom is 0.261 e. The fraction of sp³-hybridized carbons (Fsp3) is 0.200. The van der Waals surface area contributed by atoms with Crippen LogP contribution in [-0.2, 0) is 0 Å². The molecule has 6 rings (SSSR count). The zero-order valence-electron chi connectivity index (χ0n) is 19.0. The number of benzene rings is 3. The lowest BCUT2D eigenvalue weighted by atomic mass is 9.86. The van der Waals surface area contributed by atoms with Gasteiger partial charge in [-0.1, -0.05) is 78.4 Å². The molecule has 0 spiro atoms. The van der Waals surface area contributed by atoms with Crippen molar-refractivity contribution in [2.75, 3.05) is 26.2 Å². The molecular weight excluding hydrogens is 420 g/mol. The van der Waals surface area contributed by atoms with Crippen molar-refractivity contribution in [2.24, 2.45) is 0 Å². The molecule has 2 amide bonds. The van der Waals surface area contributed by atoms with Crippen molar-refractivity contribution in [1.29, 1.82) is 0 Å². The molecule has 0 radical (unpaired) electrons. The summed E-state index contributed by atoms with van der Waals surface area (Å²) >= 11 is 0. The molecule has 0 bridgehead atoms. The largest absolute Gasteiger partial charge is 0.301 e. The van der Waals surface area contributed by atoms with Crippen LogP contribution in [0.1, 0.15) is 55.8 Å². The van der Waals surface area contributed by atoms with E-state index in [1.54, 1.807) is 12.1 Å². The van der Waals surface area contributed by atoms with Crippen LogP contribution in [0, 0.1) is 0 Å². The average molecular weight is 447 g/mol. The van der Waals surface area contributed by atoms with Crippen LogP contribution in [0.15, 0.2) is 78.4 Å². The maximum atomic E-state index is 12.7. The maximum absolute atomic E-state index is 12.7. The summed E-state index contributed by atoms with van der Waals surface area (Å²) in [6, 6.07) is 24.4. The topological polar surface area (TPSA) is 40.6 Å². The lowest BCUT2D eigenvalue weighted by Crippen LogP contribution is -2.40. The van der Waals surface area contributed by atoms with Crippen molar-refractivity contribution in [3.63, 3.8) is 0 Å². The van der Waals surface area contributed by atoms with Gasteiger partial charge in [-0.15, -0.1) is 0 Å². The Morgan fingerprint density at radius 2 is 1.06 bits per heavy atom. The third-order valence-electron chi connectivity index (χ3n) is 7.23. The fourth-order valence-electron chi connectivity index (χ4n) is 5.43. The Morgan fingerprint density at radius 1 is 0.588 bits per heavy atom. The van der Waals surface area contributed by atoms with E-state index in [-0.39, 0.29) is 11.8 Å². The highest BCUT2D eigenvalue weighted by Gasteiger charge is 2.35. The van der Waals surface area contributed by atoms with Crippen LogP contribution >= 0.6 is 0 Å². The molecule has 1 aliphatic carbocycles. The number of likely N-dealkylation sites (tertiary alicyclic amines) is 1. The molecule has 4 nitrogen and oxygen atoms in total. The lowest BCUT2D eigenvalue weighted by molar-refractivity contribution is 0.0634. The first kappa shape index (κ1) is 20.8. The molecule has 4 heteroatoms. The molecule has 3 aliphatic rings. The first-order valence-corrected chi connectivity index (χ1v) is 12.0. The van der Waals surface area contributed by atoms with E-state index in [1.807, 2.05) is 12.1 Å². The number of piperidine rings is 1. The van der Waals surface area contributed by atoms with Gasteiger partial charge in [0.2, 0.25) is 0 Å². The van der Waals surface area contributed by atoms with Gasteiger partial charge in [-0.3, -0.25) is 14.5 Å². The molecular formula is C30H26N2O2. The molecule has 168 valence electrons. The molecule has 1 saturated heterocycles. The molecule has 0 atom stereocenters. The first-order chi connectivity index (χ1) is 16.7. The molecule has 0 saturated carbocycles. The molecule has 34 heavy (non-hydrogen) atoms. The Morgan fingerprint density at radius 3 is 1.59 bits per heavy atom. The van der Waals surface area contributed by atoms with E-state index in [4.69, 9.17) is 0 Å². The van der Waals surface area contributed by atoms with Crippen molar-refractivity contribution in [3.05, 3.63) is 112 Å². The van der Waals surface area contributed by atoms with Gasteiger partial charge in [-0.25, -0.2) is 0 Å². The minimum Gasteiger partial charge on any atom is -0.301 e. The molecule has 0 N–H and O–H groups in total. The number of carbonyl (C=O) groups excluding carboxylic acids is 2. The van der Waals surface area contributed by atoms with E-state index in [2.05, 4.69) is 65.6 Å². The van der Waals surface area contributed by atoms with Gasteiger partial charge in [0.1, 0.15) is 0 Å². The van der Waals surface area contributed by atoms with Crippen molar-refractivity contribution in [3.8, 4) is 0 Å². The second-order valence-corrected chi connectivity index (χ2v) is 9.14. The predicted molar refractivity (Wildman–Crippen MR) is 135 cm³/mol. The summed E-state index contributed by atoms with van der Waals surface area (Å²) in [6.45, 7) is 3.01. The third kappa shape index (κ3) is 3.51. The van der Waals surface area contributed by atoms with Crippen LogP contribution in [0.5, 0.6) is 0 Å². The zero-order chi connectivity index (χ0) is 23.1. The minimum atomic E-state index is -0.167. The van der Waals surface area contributed by atoms with Gasteiger partial charge in [0, 0.05) is 26.2 Å². The van der Waals surface area contributed by atoms with Gasteiger partial charge in [-0.2, -0.15) is 0 Å². The van der Waals surface area contributed by atoms with Crippen LogP contribution in [0.4, 0.5) is 0 Å². The fourth-order valence-corrected chi connectivity index (χ4v) is 5.43. The highest BCUT2D eigenvalue weighted by atomic mass is 16.2. The highest BCUT2D eigenvalue weighted by Crippen LogP contribution is 2.38. The van der Waals surface area contributed by atoms with Gasteiger partial charge >= 0.3 is 0 Å². The van der Waals surface area contributed by atoms with E-state index >= 15 is 0 Å². The Bertz CT molecular complexity index is 1270. The van der Waals surface area contributed by atoms with Gasteiger partial charge in [0.05, 0.1) is 11.1 Å². The van der Waals surface area contributed by atoms with E-state index in [1.165, 1.54) is 38.3 Å². The molecule has 0 unspecified atom stereocenters. The van der Waals surface area contributed by atoms with E-state index < -0.39 is 0 Å². The second kappa shape index (κ2) is 8.54. The average Bonchev–Trinajstić information content (AvgIpc) is 3.02. The number of imide groups is 1. The second-order valence-electron chi connectivity index (χ2n) is 9.14. The number of hydrogen-bond donors (Lipinski definition) is 0. The van der Waals surface area contributed by atoms with Gasteiger partial charge in [0.25, 0.3) is 11.8 Å². The van der Waals surface area contributed by atoms with Crippen LogP contribution in [0.3, 0.4) is 0 Å². The van der Waals surface area contributed by atoms with Gasteiger partial charge < -0.3 is 4.90 Å². The first-order valence-electron chi connectivity index (χ1n) is 12.0. The molecule has 0 aromatic heterocycles.